The first-order valence-electron chi connectivity index (χ1n) is 8.01. The Labute approximate surface area is 164 Å². The molecule has 1 N–H and O–H groups in total. The zero-order valence-corrected chi connectivity index (χ0v) is 16.0. The van der Waals surface area contributed by atoms with Gasteiger partial charge in [-0.15, -0.1) is 0 Å². The van der Waals surface area contributed by atoms with Gasteiger partial charge in [0.2, 0.25) is 5.88 Å². The summed E-state index contributed by atoms with van der Waals surface area (Å²) in [5.41, 5.74) is 1.15. The molecule has 0 unspecified atom stereocenters. The Hall–Kier alpha value is -3.26. The molecule has 0 saturated carbocycles. The van der Waals surface area contributed by atoms with Crippen LogP contribution in [0.1, 0.15) is 10.4 Å². The van der Waals surface area contributed by atoms with Crippen molar-refractivity contribution in [1.29, 1.82) is 0 Å². The van der Waals surface area contributed by atoms with Crippen molar-refractivity contribution in [3.63, 3.8) is 0 Å². The third-order valence-electron chi connectivity index (χ3n) is 3.92. The van der Waals surface area contributed by atoms with Crippen molar-refractivity contribution in [1.82, 2.24) is 5.16 Å². The minimum Gasteiger partial charge on any atom is -0.495 e. The van der Waals surface area contributed by atoms with E-state index in [4.69, 9.17) is 30.3 Å². The lowest BCUT2D eigenvalue weighted by molar-refractivity contribution is 0.0602. The fourth-order valence-corrected chi connectivity index (χ4v) is 2.79. The van der Waals surface area contributed by atoms with E-state index in [1.54, 1.807) is 12.1 Å². The summed E-state index contributed by atoms with van der Waals surface area (Å²) in [6.07, 6.45) is 0. The summed E-state index contributed by atoms with van der Waals surface area (Å²) in [7, 11) is 4.19. The highest BCUT2D eigenvalue weighted by Gasteiger charge is 2.26. The van der Waals surface area contributed by atoms with Crippen LogP contribution in [0.15, 0.2) is 40.9 Å². The highest BCUT2D eigenvalue weighted by Crippen LogP contribution is 2.39. The van der Waals surface area contributed by atoms with Gasteiger partial charge in [-0.05, 0) is 30.3 Å². The van der Waals surface area contributed by atoms with Crippen LogP contribution in [0.2, 0.25) is 5.02 Å². The second kappa shape index (κ2) is 8.18. The third kappa shape index (κ3) is 3.72. The molecule has 0 amide bonds. The zero-order chi connectivity index (χ0) is 20.3. The van der Waals surface area contributed by atoms with Gasteiger partial charge in [-0.2, -0.15) is 0 Å². The Morgan fingerprint density at radius 2 is 1.79 bits per heavy atom. The average Bonchev–Trinajstić information content (AvgIpc) is 3.11. The molecule has 7 nitrogen and oxygen atoms in total. The van der Waals surface area contributed by atoms with Crippen LogP contribution in [0.4, 0.5) is 16.0 Å². The zero-order valence-electron chi connectivity index (χ0n) is 15.2. The molecule has 0 saturated heterocycles. The normalized spacial score (nSPS) is 10.5. The molecule has 1 heterocycles. The lowest BCUT2D eigenvalue weighted by Crippen LogP contribution is -2.06. The van der Waals surface area contributed by atoms with Crippen molar-refractivity contribution in [2.24, 2.45) is 0 Å². The van der Waals surface area contributed by atoms with Crippen molar-refractivity contribution < 1.29 is 27.9 Å². The van der Waals surface area contributed by atoms with Crippen LogP contribution in [0.25, 0.3) is 11.3 Å². The number of halogens is 2. The van der Waals surface area contributed by atoms with Gasteiger partial charge < -0.3 is 24.1 Å². The third-order valence-corrected chi connectivity index (χ3v) is 4.22. The van der Waals surface area contributed by atoms with Crippen LogP contribution in [0.5, 0.6) is 11.5 Å². The molecule has 28 heavy (non-hydrogen) atoms. The van der Waals surface area contributed by atoms with Crippen LogP contribution >= 0.6 is 11.6 Å². The topological polar surface area (TPSA) is 82.8 Å². The van der Waals surface area contributed by atoms with Crippen LogP contribution in [0, 0.1) is 5.82 Å². The van der Waals surface area contributed by atoms with E-state index < -0.39 is 11.8 Å². The first kappa shape index (κ1) is 19.5. The number of hydrogen-bond acceptors (Lipinski definition) is 7. The van der Waals surface area contributed by atoms with E-state index in [1.165, 1.54) is 45.6 Å². The van der Waals surface area contributed by atoms with Gasteiger partial charge in [0.25, 0.3) is 0 Å². The van der Waals surface area contributed by atoms with Crippen molar-refractivity contribution in [3.05, 3.63) is 52.8 Å². The molecule has 0 radical (unpaired) electrons. The molecule has 0 atom stereocenters. The summed E-state index contributed by atoms with van der Waals surface area (Å²) in [5, 5.41) is 7.19. The van der Waals surface area contributed by atoms with Crippen molar-refractivity contribution >= 4 is 29.1 Å². The van der Waals surface area contributed by atoms with Gasteiger partial charge in [-0.3, -0.25) is 0 Å². The number of carbonyl (C=O) groups is 1. The van der Waals surface area contributed by atoms with E-state index in [1.807, 2.05) is 0 Å². The molecule has 2 aromatic carbocycles. The molecule has 9 heteroatoms. The van der Waals surface area contributed by atoms with E-state index >= 15 is 0 Å². The Morgan fingerprint density at radius 1 is 1.11 bits per heavy atom. The van der Waals surface area contributed by atoms with Gasteiger partial charge in [0.15, 0.2) is 5.56 Å². The Morgan fingerprint density at radius 3 is 2.39 bits per heavy atom. The number of esters is 1. The molecule has 146 valence electrons. The van der Waals surface area contributed by atoms with Crippen molar-refractivity contribution in [2.75, 3.05) is 26.6 Å². The monoisotopic (exact) mass is 406 g/mol. The predicted molar refractivity (Wildman–Crippen MR) is 101 cm³/mol. The minimum absolute atomic E-state index is 0.0192. The maximum Gasteiger partial charge on any atom is 0.345 e. The van der Waals surface area contributed by atoms with Gasteiger partial charge in [0, 0.05) is 11.6 Å². The lowest BCUT2D eigenvalue weighted by atomic mass is 10.1. The summed E-state index contributed by atoms with van der Waals surface area (Å²) in [6.45, 7) is 0. The van der Waals surface area contributed by atoms with Gasteiger partial charge in [-0.1, -0.05) is 16.8 Å². The van der Waals surface area contributed by atoms with Crippen LogP contribution in [-0.2, 0) is 4.74 Å². The van der Waals surface area contributed by atoms with E-state index in [0.717, 1.165) is 0 Å². The summed E-state index contributed by atoms with van der Waals surface area (Å²) in [5.74, 6) is -0.256. The minimum atomic E-state index is -0.679. The lowest BCUT2D eigenvalue weighted by Gasteiger charge is -2.12. The smallest absolute Gasteiger partial charge is 0.345 e. The maximum atomic E-state index is 13.2. The number of aromatic nitrogens is 1. The molecule has 0 fully saturated rings. The second-order valence-electron chi connectivity index (χ2n) is 5.55. The van der Waals surface area contributed by atoms with E-state index in [2.05, 4.69) is 10.5 Å². The molecule has 3 aromatic rings. The van der Waals surface area contributed by atoms with Gasteiger partial charge >= 0.3 is 5.97 Å². The average molecular weight is 407 g/mol. The molecule has 0 aliphatic carbocycles. The van der Waals surface area contributed by atoms with Crippen molar-refractivity contribution in [2.45, 2.75) is 0 Å². The Balaban J connectivity index is 2.07. The van der Waals surface area contributed by atoms with Gasteiger partial charge in [0.1, 0.15) is 23.0 Å². The van der Waals surface area contributed by atoms with Crippen LogP contribution < -0.4 is 14.8 Å². The number of methoxy groups -OCH3 is 3. The quantitative estimate of drug-likeness (QED) is 0.595. The molecular weight excluding hydrogens is 391 g/mol. The maximum absolute atomic E-state index is 13.2. The van der Waals surface area contributed by atoms with E-state index in [0.29, 0.717) is 27.8 Å². The second-order valence-corrected chi connectivity index (χ2v) is 5.95. The van der Waals surface area contributed by atoms with Crippen molar-refractivity contribution in [3.8, 4) is 22.8 Å². The number of nitrogens with one attached hydrogen (secondary N) is 1. The summed E-state index contributed by atoms with van der Waals surface area (Å²) >= 11 is 6.18. The Bertz CT molecular complexity index is 1000. The number of benzene rings is 2. The fraction of sp³-hybridized carbons (Fsp3) is 0.158. The molecule has 0 aliphatic rings. The molecule has 3 rings (SSSR count). The molecule has 0 bridgehead atoms. The molecule has 0 aliphatic heterocycles. The van der Waals surface area contributed by atoms with Gasteiger partial charge in [-0.25, -0.2) is 9.18 Å². The number of carbonyl (C=O) groups excluding carboxylic acids is 1. The summed E-state index contributed by atoms with van der Waals surface area (Å²) in [4.78, 5) is 12.4. The largest absolute Gasteiger partial charge is 0.495 e. The number of hydrogen-bond donors (Lipinski definition) is 1. The first-order valence-corrected chi connectivity index (χ1v) is 8.38. The predicted octanol–water partition coefficient (Wildman–Crippen LogP) is 4.68. The highest BCUT2D eigenvalue weighted by molar-refractivity contribution is 6.32. The number of anilines is 2. The first-order chi connectivity index (χ1) is 13.5. The highest BCUT2D eigenvalue weighted by atomic mass is 35.5. The number of ether oxygens (including phenoxy) is 3. The standard InChI is InChI=1S/C19H16ClFN2O5/c1-25-14-9-15(26-2)13(8-12(14)20)22-18-16(19(24)27-3)17(23-28-18)10-4-6-11(21)7-5-10/h4-9,22H,1-3H3. The molecule has 1 aromatic heterocycles. The molecule has 0 spiro atoms. The summed E-state index contributed by atoms with van der Waals surface area (Å²) < 4.78 is 33.9. The summed E-state index contributed by atoms with van der Waals surface area (Å²) in [6, 6.07) is 8.61. The van der Waals surface area contributed by atoms with E-state index in [-0.39, 0.29) is 17.1 Å². The fourth-order valence-electron chi connectivity index (χ4n) is 2.55. The number of rotatable bonds is 6. The SMILES string of the molecule is COC(=O)c1c(-c2ccc(F)cc2)noc1Nc1cc(Cl)c(OC)cc1OC. The van der Waals surface area contributed by atoms with Crippen LogP contribution in [-0.4, -0.2) is 32.5 Å². The Kier molecular flexibility index (Phi) is 5.70. The van der Waals surface area contributed by atoms with Gasteiger partial charge in [0.05, 0.1) is 32.0 Å². The van der Waals surface area contributed by atoms with Crippen LogP contribution in [0.3, 0.4) is 0 Å². The number of nitrogens with zero attached hydrogens (tertiary/aromatic N) is 1. The molecular formula is C19H16ClFN2O5. The van der Waals surface area contributed by atoms with E-state index in [9.17, 15) is 9.18 Å².